The van der Waals surface area contributed by atoms with Crippen molar-refractivity contribution in [1.29, 1.82) is 0 Å². The molecule has 154 valence electrons. The van der Waals surface area contributed by atoms with E-state index >= 15 is 0 Å². The smallest absolute Gasteiger partial charge is 0.269 e. The summed E-state index contributed by atoms with van der Waals surface area (Å²) in [5.41, 5.74) is 5.67. The van der Waals surface area contributed by atoms with Gasteiger partial charge in [0.15, 0.2) is 0 Å². The summed E-state index contributed by atoms with van der Waals surface area (Å²) in [5.74, 6) is -1.49. The van der Waals surface area contributed by atoms with Crippen LogP contribution in [0.4, 0.5) is 8.78 Å². The molecule has 2 aromatic rings. The second kappa shape index (κ2) is 9.58. The molecule has 6 nitrogen and oxygen atoms in total. The summed E-state index contributed by atoms with van der Waals surface area (Å²) in [5, 5.41) is 0. The van der Waals surface area contributed by atoms with Crippen molar-refractivity contribution < 1.29 is 18.4 Å². The number of carbonyl (C=O) groups is 2. The molecule has 2 amide bonds. The summed E-state index contributed by atoms with van der Waals surface area (Å²) in [6.45, 7) is 5.06. The molecule has 0 spiro atoms. The highest BCUT2D eigenvalue weighted by Crippen LogP contribution is 2.13. The molecule has 29 heavy (non-hydrogen) atoms. The van der Waals surface area contributed by atoms with Crippen LogP contribution in [-0.4, -0.2) is 53.8 Å². The van der Waals surface area contributed by atoms with Crippen LogP contribution in [0.2, 0.25) is 0 Å². The Morgan fingerprint density at radius 1 is 0.966 bits per heavy atom. The second-order valence-electron chi connectivity index (χ2n) is 7.03. The van der Waals surface area contributed by atoms with Crippen LogP contribution in [0.1, 0.15) is 22.8 Å². The minimum Gasteiger partial charge on any atom is -0.296 e. The predicted octanol–water partition coefficient (Wildman–Crippen LogP) is 1.93. The number of carbonyl (C=O) groups excluding carboxylic acids is 2. The van der Waals surface area contributed by atoms with E-state index in [1.54, 1.807) is 19.1 Å². The number of hydrazine groups is 1. The Morgan fingerprint density at radius 3 is 2.28 bits per heavy atom. The minimum absolute atomic E-state index is 0.209. The Morgan fingerprint density at radius 2 is 1.62 bits per heavy atom. The van der Waals surface area contributed by atoms with Crippen molar-refractivity contribution in [3.8, 4) is 0 Å². The first-order valence-corrected chi connectivity index (χ1v) is 9.49. The lowest BCUT2D eigenvalue weighted by atomic mass is 10.1. The lowest BCUT2D eigenvalue weighted by molar-refractivity contribution is -0.127. The molecule has 0 bridgehead atoms. The van der Waals surface area contributed by atoms with Gasteiger partial charge in [0, 0.05) is 43.9 Å². The van der Waals surface area contributed by atoms with Crippen molar-refractivity contribution in [3.05, 3.63) is 71.3 Å². The highest BCUT2D eigenvalue weighted by molar-refractivity contribution is 5.95. The zero-order chi connectivity index (χ0) is 20.8. The van der Waals surface area contributed by atoms with Crippen LogP contribution in [0, 0.1) is 11.6 Å². The van der Waals surface area contributed by atoms with Gasteiger partial charge in [-0.3, -0.25) is 30.2 Å². The quantitative estimate of drug-likeness (QED) is 0.751. The lowest BCUT2D eigenvalue weighted by Gasteiger charge is -2.37. The maximum absolute atomic E-state index is 13.8. The number of hydrogen-bond donors (Lipinski definition) is 2. The minimum atomic E-state index is -0.514. The molecule has 2 aromatic carbocycles. The average Bonchev–Trinajstić information content (AvgIpc) is 2.74. The Hall–Kier alpha value is -2.84. The molecular formula is C21H24F2N4O2. The second-order valence-corrected chi connectivity index (χ2v) is 7.03. The summed E-state index contributed by atoms with van der Waals surface area (Å²) >= 11 is 0. The third kappa shape index (κ3) is 5.58. The van der Waals surface area contributed by atoms with Gasteiger partial charge in [0.05, 0.1) is 6.04 Å². The monoisotopic (exact) mass is 402 g/mol. The van der Waals surface area contributed by atoms with Crippen LogP contribution in [0.25, 0.3) is 0 Å². The Labute approximate surface area is 168 Å². The first kappa shape index (κ1) is 20.9. The zero-order valence-electron chi connectivity index (χ0n) is 16.2. The van der Waals surface area contributed by atoms with Gasteiger partial charge in [-0.25, -0.2) is 8.78 Å². The van der Waals surface area contributed by atoms with E-state index in [0.29, 0.717) is 38.3 Å². The number of benzene rings is 2. The Balaban J connectivity index is 1.44. The molecule has 8 heteroatoms. The number of piperazine rings is 1. The molecule has 1 fully saturated rings. The number of hydrogen-bond acceptors (Lipinski definition) is 4. The normalized spacial score (nSPS) is 16.2. The highest BCUT2D eigenvalue weighted by Gasteiger charge is 2.26. The summed E-state index contributed by atoms with van der Waals surface area (Å²) in [7, 11) is 0. The van der Waals surface area contributed by atoms with Gasteiger partial charge in [-0.1, -0.05) is 18.2 Å². The molecule has 2 N–H and O–H groups in total. The third-order valence-electron chi connectivity index (χ3n) is 5.09. The van der Waals surface area contributed by atoms with Crippen LogP contribution < -0.4 is 10.9 Å². The number of rotatable bonds is 5. The van der Waals surface area contributed by atoms with E-state index in [-0.39, 0.29) is 17.3 Å². The van der Waals surface area contributed by atoms with Gasteiger partial charge in [0.2, 0.25) is 0 Å². The number of nitrogens with one attached hydrogen (secondary N) is 2. The van der Waals surface area contributed by atoms with Crippen molar-refractivity contribution in [2.75, 3.05) is 26.2 Å². The maximum atomic E-state index is 13.8. The average molecular weight is 402 g/mol. The van der Waals surface area contributed by atoms with Crippen LogP contribution in [0.5, 0.6) is 0 Å². The summed E-state index contributed by atoms with van der Waals surface area (Å²) in [4.78, 5) is 28.5. The van der Waals surface area contributed by atoms with Gasteiger partial charge in [0.25, 0.3) is 11.8 Å². The van der Waals surface area contributed by atoms with Crippen LogP contribution in [-0.2, 0) is 11.3 Å². The van der Waals surface area contributed by atoms with Crippen molar-refractivity contribution in [2.24, 2.45) is 0 Å². The molecule has 1 aliphatic heterocycles. The number of halogens is 2. The van der Waals surface area contributed by atoms with Crippen molar-refractivity contribution in [2.45, 2.75) is 19.5 Å². The molecule has 0 radical (unpaired) electrons. The van der Waals surface area contributed by atoms with Crippen LogP contribution >= 0.6 is 0 Å². The Kier molecular flexibility index (Phi) is 6.90. The van der Waals surface area contributed by atoms with E-state index in [0.717, 1.165) is 0 Å². The molecular weight excluding hydrogens is 378 g/mol. The van der Waals surface area contributed by atoms with E-state index in [1.807, 2.05) is 11.0 Å². The fourth-order valence-corrected chi connectivity index (χ4v) is 3.24. The largest absolute Gasteiger partial charge is 0.296 e. The Bertz CT molecular complexity index is 852. The third-order valence-corrected chi connectivity index (χ3v) is 5.09. The topological polar surface area (TPSA) is 64.7 Å². The molecule has 0 saturated carbocycles. The molecule has 0 aromatic heterocycles. The summed E-state index contributed by atoms with van der Waals surface area (Å²) < 4.78 is 26.7. The van der Waals surface area contributed by atoms with Crippen LogP contribution in [0.3, 0.4) is 0 Å². The molecule has 3 rings (SSSR count). The molecule has 1 atom stereocenters. The summed E-state index contributed by atoms with van der Waals surface area (Å²) in [6, 6.07) is 11.3. The van der Waals surface area contributed by atoms with Gasteiger partial charge >= 0.3 is 0 Å². The van der Waals surface area contributed by atoms with Gasteiger partial charge in [0.1, 0.15) is 11.6 Å². The van der Waals surface area contributed by atoms with E-state index < -0.39 is 17.8 Å². The van der Waals surface area contributed by atoms with E-state index in [1.165, 1.54) is 30.3 Å². The van der Waals surface area contributed by atoms with E-state index in [2.05, 4.69) is 15.8 Å². The van der Waals surface area contributed by atoms with Crippen LogP contribution in [0.15, 0.2) is 48.5 Å². The van der Waals surface area contributed by atoms with Gasteiger partial charge in [-0.15, -0.1) is 0 Å². The molecule has 1 aliphatic rings. The predicted molar refractivity (Wildman–Crippen MR) is 105 cm³/mol. The van der Waals surface area contributed by atoms with Gasteiger partial charge < -0.3 is 0 Å². The summed E-state index contributed by atoms with van der Waals surface area (Å²) in [6.07, 6.45) is 0. The fraction of sp³-hybridized carbons (Fsp3) is 0.333. The number of nitrogens with zero attached hydrogens (tertiary/aromatic N) is 2. The highest BCUT2D eigenvalue weighted by atomic mass is 19.1. The fourth-order valence-electron chi connectivity index (χ4n) is 3.24. The molecule has 1 saturated heterocycles. The van der Waals surface area contributed by atoms with Gasteiger partial charge in [-0.05, 0) is 37.3 Å². The molecule has 1 heterocycles. The van der Waals surface area contributed by atoms with Crippen molar-refractivity contribution >= 4 is 11.8 Å². The van der Waals surface area contributed by atoms with Crippen molar-refractivity contribution in [3.63, 3.8) is 0 Å². The molecule has 0 aliphatic carbocycles. The first-order valence-electron chi connectivity index (χ1n) is 9.49. The number of amides is 2. The maximum Gasteiger partial charge on any atom is 0.269 e. The van der Waals surface area contributed by atoms with Gasteiger partial charge in [-0.2, -0.15) is 0 Å². The SMILES string of the molecule is C[C@@H](C(=O)NNC(=O)c1ccc(F)cc1)N1CCN(Cc2ccccc2F)CC1. The van der Waals surface area contributed by atoms with E-state index in [4.69, 9.17) is 0 Å². The lowest BCUT2D eigenvalue weighted by Crippen LogP contribution is -2.56. The molecule has 0 unspecified atom stereocenters. The van der Waals surface area contributed by atoms with Crippen molar-refractivity contribution in [1.82, 2.24) is 20.7 Å². The van der Waals surface area contributed by atoms with E-state index in [9.17, 15) is 18.4 Å². The standard InChI is InChI=1S/C21H24F2N4O2/c1-15(20(28)24-25-21(29)16-6-8-18(22)9-7-16)27-12-10-26(11-13-27)14-17-4-2-3-5-19(17)23/h2-9,15H,10-14H2,1H3,(H,24,28)(H,25,29)/t15-/m0/s1. The zero-order valence-corrected chi connectivity index (χ0v) is 16.2. The first-order chi connectivity index (χ1) is 13.9.